The zero-order valence-electron chi connectivity index (χ0n) is 6.66. The average Bonchev–Trinajstić information content (AvgIpc) is 1.80. The molecule has 2 N–H and O–H groups in total. The van der Waals surface area contributed by atoms with E-state index in [0.29, 0.717) is 6.42 Å². The van der Waals surface area contributed by atoms with Crippen LogP contribution in [0.3, 0.4) is 0 Å². The number of hydrogen-bond donors (Lipinski definition) is 2. The summed E-state index contributed by atoms with van der Waals surface area (Å²) < 4.78 is 17.8. The monoisotopic (exact) mass is 179 g/mol. The molecule has 0 radical (unpaired) electrons. The molecule has 0 amide bonds. The molecule has 0 aromatic rings. The Kier molecular flexibility index (Phi) is 3.51. The van der Waals surface area contributed by atoms with Crippen LogP contribution in [0.15, 0.2) is 0 Å². The molecule has 66 valence electrons. The second-order valence-corrected chi connectivity index (χ2v) is 5.16. The SMILES string of the molecule is C[C@@H](CCS(C)(=N)=O)C(=O)O. The van der Waals surface area contributed by atoms with Gasteiger partial charge in [-0.15, -0.1) is 0 Å². The second kappa shape index (κ2) is 3.71. The lowest BCUT2D eigenvalue weighted by molar-refractivity contribution is -0.141. The Morgan fingerprint density at radius 3 is 2.45 bits per heavy atom. The number of hydrogen-bond acceptors (Lipinski definition) is 3. The van der Waals surface area contributed by atoms with E-state index >= 15 is 0 Å². The van der Waals surface area contributed by atoms with Crippen LogP contribution in [0.5, 0.6) is 0 Å². The number of carboxylic acids is 1. The van der Waals surface area contributed by atoms with E-state index in [1.54, 1.807) is 6.92 Å². The molecule has 0 heterocycles. The van der Waals surface area contributed by atoms with Crippen molar-refractivity contribution in [1.29, 1.82) is 4.78 Å². The van der Waals surface area contributed by atoms with Gasteiger partial charge in [0, 0.05) is 21.7 Å². The Morgan fingerprint density at radius 1 is 1.73 bits per heavy atom. The second-order valence-electron chi connectivity index (χ2n) is 2.74. The molecule has 0 aliphatic carbocycles. The lowest BCUT2D eigenvalue weighted by Gasteiger charge is -2.04. The summed E-state index contributed by atoms with van der Waals surface area (Å²) in [4.78, 5) is 10.3. The Labute approximate surface area is 66.6 Å². The predicted octanol–water partition coefficient (Wildman–Crippen LogP) is 0.774. The van der Waals surface area contributed by atoms with Gasteiger partial charge in [-0.25, -0.2) is 0 Å². The Hall–Kier alpha value is -0.580. The Balaban J connectivity index is 3.82. The first-order valence-electron chi connectivity index (χ1n) is 3.27. The number of rotatable bonds is 4. The lowest BCUT2D eigenvalue weighted by atomic mass is 10.1. The van der Waals surface area contributed by atoms with Gasteiger partial charge in [0.15, 0.2) is 0 Å². The largest absolute Gasteiger partial charge is 0.481 e. The average molecular weight is 179 g/mol. The molecule has 5 heteroatoms. The van der Waals surface area contributed by atoms with Crippen LogP contribution in [0, 0.1) is 10.7 Å². The highest BCUT2D eigenvalue weighted by molar-refractivity contribution is 7.91. The van der Waals surface area contributed by atoms with E-state index in [1.165, 1.54) is 6.26 Å². The summed E-state index contributed by atoms with van der Waals surface area (Å²) in [6.07, 6.45) is 1.63. The standard InChI is InChI=1S/C6H13NO3S/c1-5(6(8)9)3-4-11(2,7)10/h5,7H,3-4H2,1-2H3,(H,8,9)/t5-,11?/m0/s1. The van der Waals surface area contributed by atoms with Crippen molar-refractivity contribution in [2.24, 2.45) is 5.92 Å². The molecule has 0 bridgehead atoms. The van der Waals surface area contributed by atoms with Crippen LogP contribution in [-0.2, 0) is 14.5 Å². The van der Waals surface area contributed by atoms with Crippen molar-refractivity contribution in [2.75, 3.05) is 12.0 Å². The fraction of sp³-hybridized carbons (Fsp3) is 0.833. The van der Waals surface area contributed by atoms with E-state index in [0.717, 1.165) is 0 Å². The van der Waals surface area contributed by atoms with Gasteiger partial charge in [-0.3, -0.25) is 13.8 Å². The number of carboxylic acid groups (broad SMARTS) is 1. The molecule has 4 nitrogen and oxygen atoms in total. The molecule has 11 heavy (non-hydrogen) atoms. The van der Waals surface area contributed by atoms with Crippen LogP contribution in [0.2, 0.25) is 0 Å². The third-order valence-corrected chi connectivity index (χ3v) is 2.38. The van der Waals surface area contributed by atoms with Gasteiger partial charge in [-0.05, 0) is 6.42 Å². The van der Waals surface area contributed by atoms with Crippen LogP contribution in [0.4, 0.5) is 0 Å². The first-order chi connectivity index (χ1) is 4.83. The summed E-state index contributed by atoms with van der Waals surface area (Å²) in [7, 11) is -2.52. The molecule has 0 spiro atoms. The van der Waals surface area contributed by atoms with Crippen molar-refractivity contribution in [2.45, 2.75) is 13.3 Å². The molecule has 0 aromatic heterocycles. The molecular formula is C6H13NO3S. The first kappa shape index (κ1) is 10.4. The van der Waals surface area contributed by atoms with E-state index in [1.807, 2.05) is 0 Å². The van der Waals surface area contributed by atoms with Crippen molar-refractivity contribution >= 4 is 15.7 Å². The van der Waals surface area contributed by atoms with Crippen LogP contribution < -0.4 is 0 Å². The predicted molar refractivity (Wildman–Crippen MR) is 43.1 cm³/mol. The summed E-state index contributed by atoms with van der Waals surface area (Å²) in [5, 5.41) is 8.42. The highest BCUT2D eigenvalue weighted by Gasteiger charge is 2.11. The number of carbonyl (C=O) groups is 1. The van der Waals surface area contributed by atoms with Crippen LogP contribution in [0.1, 0.15) is 13.3 Å². The van der Waals surface area contributed by atoms with Gasteiger partial charge in [0.05, 0.1) is 5.92 Å². The molecule has 2 atom stereocenters. The maximum absolute atomic E-state index is 10.8. The number of nitrogens with one attached hydrogen (secondary N) is 1. The third kappa shape index (κ3) is 5.84. The zero-order valence-corrected chi connectivity index (χ0v) is 7.48. The normalized spacial score (nSPS) is 18.7. The maximum Gasteiger partial charge on any atom is 0.306 e. The molecule has 0 aromatic carbocycles. The van der Waals surface area contributed by atoms with E-state index in [9.17, 15) is 9.00 Å². The zero-order chi connectivity index (χ0) is 9.07. The fourth-order valence-electron chi connectivity index (χ4n) is 0.525. The van der Waals surface area contributed by atoms with Gasteiger partial charge in [0.2, 0.25) is 0 Å². The highest BCUT2D eigenvalue weighted by Crippen LogP contribution is 2.03. The van der Waals surface area contributed by atoms with Crippen molar-refractivity contribution in [1.82, 2.24) is 0 Å². The molecule has 0 saturated heterocycles. The molecule has 0 fully saturated rings. The molecule has 0 saturated carbocycles. The van der Waals surface area contributed by atoms with Gasteiger partial charge in [0.25, 0.3) is 0 Å². The van der Waals surface area contributed by atoms with Crippen molar-refractivity contribution in [3.8, 4) is 0 Å². The smallest absolute Gasteiger partial charge is 0.306 e. The Morgan fingerprint density at radius 2 is 2.18 bits per heavy atom. The van der Waals surface area contributed by atoms with Gasteiger partial charge in [-0.2, -0.15) is 0 Å². The topological polar surface area (TPSA) is 78.2 Å². The van der Waals surface area contributed by atoms with Crippen LogP contribution in [-0.4, -0.2) is 27.3 Å². The fourth-order valence-corrected chi connectivity index (χ4v) is 1.33. The minimum absolute atomic E-state index is 0.167. The first-order valence-corrected chi connectivity index (χ1v) is 5.41. The highest BCUT2D eigenvalue weighted by atomic mass is 32.2. The molecule has 1 unspecified atom stereocenters. The van der Waals surface area contributed by atoms with Crippen LogP contribution >= 0.6 is 0 Å². The van der Waals surface area contributed by atoms with Crippen molar-refractivity contribution in [3.05, 3.63) is 0 Å². The van der Waals surface area contributed by atoms with Crippen molar-refractivity contribution < 1.29 is 14.1 Å². The maximum atomic E-state index is 10.8. The van der Waals surface area contributed by atoms with Gasteiger partial charge < -0.3 is 5.11 Å². The Bertz CT molecular complexity index is 232. The lowest BCUT2D eigenvalue weighted by Crippen LogP contribution is -2.14. The van der Waals surface area contributed by atoms with E-state index < -0.39 is 21.6 Å². The summed E-state index contributed by atoms with van der Waals surface area (Å²) in [6.45, 7) is 1.55. The molecular weight excluding hydrogens is 166 g/mol. The molecule has 0 aliphatic heterocycles. The van der Waals surface area contributed by atoms with Crippen LogP contribution in [0.25, 0.3) is 0 Å². The van der Waals surface area contributed by atoms with Gasteiger partial charge in [0.1, 0.15) is 0 Å². The third-order valence-electron chi connectivity index (χ3n) is 1.36. The quantitative estimate of drug-likeness (QED) is 0.669. The van der Waals surface area contributed by atoms with Gasteiger partial charge >= 0.3 is 5.97 Å². The summed E-state index contributed by atoms with van der Waals surface area (Å²) in [5.41, 5.74) is 0. The van der Waals surface area contributed by atoms with E-state index in [-0.39, 0.29) is 5.75 Å². The number of aliphatic carboxylic acids is 1. The van der Waals surface area contributed by atoms with E-state index in [2.05, 4.69) is 0 Å². The minimum atomic E-state index is -2.52. The molecule has 0 aliphatic rings. The van der Waals surface area contributed by atoms with Gasteiger partial charge in [-0.1, -0.05) is 6.92 Å². The summed E-state index contributed by atoms with van der Waals surface area (Å²) in [6, 6.07) is 0. The summed E-state index contributed by atoms with van der Waals surface area (Å²) >= 11 is 0. The molecule has 0 rings (SSSR count). The minimum Gasteiger partial charge on any atom is -0.481 e. The summed E-state index contributed by atoms with van der Waals surface area (Å²) in [5.74, 6) is -1.23. The van der Waals surface area contributed by atoms with Crippen molar-refractivity contribution in [3.63, 3.8) is 0 Å². The van der Waals surface area contributed by atoms with E-state index in [4.69, 9.17) is 9.89 Å².